The van der Waals surface area contributed by atoms with Crippen molar-refractivity contribution in [1.29, 1.82) is 0 Å². The Bertz CT molecular complexity index is 1060. The van der Waals surface area contributed by atoms with Crippen LogP contribution in [-0.4, -0.2) is 60.5 Å². The number of benzene rings is 2. The molecule has 2 aromatic rings. The number of halogens is 2. The predicted octanol–water partition coefficient (Wildman–Crippen LogP) is 3.48. The molecule has 32 heavy (non-hydrogen) atoms. The summed E-state index contributed by atoms with van der Waals surface area (Å²) in [6.45, 7) is 5.60. The van der Waals surface area contributed by atoms with Gasteiger partial charge in [-0.2, -0.15) is 8.42 Å². The van der Waals surface area contributed by atoms with E-state index in [-0.39, 0.29) is 41.7 Å². The number of nitrogens with zero attached hydrogens (tertiary/aromatic N) is 2. The van der Waals surface area contributed by atoms with Crippen molar-refractivity contribution in [3.8, 4) is 5.75 Å². The topological polar surface area (TPSA) is 87.2 Å². The molecule has 0 radical (unpaired) electrons. The van der Waals surface area contributed by atoms with Gasteiger partial charge in [0.05, 0.1) is 0 Å². The summed E-state index contributed by atoms with van der Waals surface area (Å²) in [6, 6.07) is 11.2. The van der Waals surface area contributed by atoms with Crippen LogP contribution >= 0.6 is 15.9 Å². The second-order valence-electron chi connectivity index (χ2n) is 8.07. The van der Waals surface area contributed by atoms with Crippen LogP contribution in [0, 0.1) is 5.82 Å². The zero-order valence-electron chi connectivity index (χ0n) is 17.9. The van der Waals surface area contributed by atoms with E-state index in [9.17, 15) is 17.6 Å². The van der Waals surface area contributed by atoms with Crippen molar-refractivity contribution in [2.45, 2.75) is 38.2 Å². The number of hydrogen-bond acceptors (Lipinski definition) is 5. The molecule has 0 saturated carbocycles. The largest absolute Gasteiger partial charge is 0.483 e. The summed E-state index contributed by atoms with van der Waals surface area (Å²) in [5.41, 5.74) is 1.28. The maximum absolute atomic E-state index is 13.2. The third kappa shape index (κ3) is 6.74. The summed E-state index contributed by atoms with van der Waals surface area (Å²) >= 11 is 3.30. The van der Waals surface area contributed by atoms with Crippen LogP contribution in [0.15, 0.2) is 46.9 Å². The molecule has 1 aliphatic heterocycles. The zero-order valence-corrected chi connectivity index (χ0v) is 20.3. The zero-order chi connectivity index (χ0) is 23.5. The number of carbonyl (C=O) groups is 1. The van der Waals surface area contributed by atoms with E-state index in [0.717, 1.165) is 5.56 Å². The highest BCUT2D eigenvalue weighted by atomic mass is 79.9. The lowest BCUT2D eigenvalue weighted by molar-refractivity contribution is -0.139. The molecular weight excluding hydrogens is 503 g/mol. The smallest absolute Gasteiger partial charge is 0.269 e. The average molecular weight is 529 g/mol. The third-order valence-electron chi connectivity index (χ3n) is 5.45. The molecule has 0 spiro atoms. The standard InChI is InChI=1S/C22H26BrFN2O5S/c1-15-11-26(16(2)10-25(15)12-17-3-7-20(24)8-4-17)22(27)13-31-21-9-19(23)6-5-18(21)14-32(28,29)30/h3-9,15-16H,10-14H2,1-2H3,(H,28,29,30)/t15-,16+/m0/s1. The molecule has 1 N–H and O–H groups in total. The highest BCUT2D eigenvalue weighted by Crippen LogP contribution is 2.26. The molecule has 0 unspecified atom stereocenters. The molecule has 1 saturated heterocycles. The second kappa shape index (κ2) is 10.3. The molecular formula is C22H26BrFN2O5S. The Labute approximate surface area is 196 Å². The van der Waals surface area contributed by atoms with Crippen molar-refractivity contribution in [1.82, 2.24) is 9.80 Å². The van der Waals surface area contributed by atoms with Crippen LogP contribution in [0.5, 0.6) is 5.75 Å². The van der Waals surface area contributed by atoms with E-state index in [1.54, 1.807) is 29.2 Å². The molecule has 0 aromatic heterocycles. The van der Waals surface area contributed by atoms with E-state index in [1.807, 2.05) is 13.8 Å². The Balaban J connectivity index is 1.62. The average Bonchev–Trinajstić information content (AvgIpc) is 2.71. The van der Waals surface area contributed by atoms with E-state index in [2.05, 4.69) is 20.8 Å². The van der Waals surface area contributed by atoms with E-state index < -0.39 is 15.9 Å². The molecule has 1 heterocycles. The maximum Gasteiger partial charge on any atom is 0.269 e. The third-order valence-corrected chi connectivity index (χ3v) is 6.62. The number of piperazine rings is 1. The molecule has 0 aliphatic carbocycles. The van der Waals surface area contributed by atoms with Crippen LogP contribution in [-0.2, 0) is 27.2 Å². The molecule has 10 heteroatoms. The van der Waals surface area contributed by atoms with Crippen LogP contribution in [0.1, 0.15) is 25.0 Å². The maximum atomic E-state index is 13.2. The van der Waals surface area contributed by atoms with E-state index >= 15 is 0 Å². The van der Waals surface area contributed by atoms with Gasteiger partial charge in [-0.05, 0) is 43.7 Å². The molecule has 7 nitrogen and oxygen atoms in total. The summed E-state index contributed by atoms with van der Waals surface area (Å²) in [5, 5.41) is 0. The van der Waals surface area contributed by atoms with Gasteiger partial charge in [0.25, 0.3) is 16.0 Å². The predicted molar refractivity (Wildman–Crippen MR) is 122 cm³/mol. The van der Waals surface area contributed by atoms with Crippen LogP contribution in [0.2, 0.25) is 0 Å². The molecule has 2 atom stereocenters. The van der Waals surface area contributed by atoms with E-state index in [0.29, 0.717) is 24.1 Å². The fourth-order valence-electron chi connectivity index (χ4n) is 3.79. The Kier molecular flexibility index (Phi) is 7.92. The normalized spacial score (nSPS) is 19.7. The molecule has 1 aliphatic rings. The highest BCUT2D eigenvalue weighted by molar-refractivity contribution is 9.10. The SMILES string of the molecule is C[C@@H]1CN(Cc2ccc(F)cc2)[C@@H](C)CN1C(=O)COc1cc(Br)ccc1CS(=O)(=O)O. The number of amides is 1. The molecule has 0 bridgehead atoms. The van der Waals surface area contributed by atoms with Crippen LogP contribution < -0.4 is 4.74 Å². The fourth-order valence-corrected chi connectivity index (χ4v) is 4.76. The van der Waals surface area contributed by atoms with Gasteiger partial charge in [0.15, 0.2) is 6.61 Å². The van der Waals surface area contributed by atoms with Gasteiger partial charge in [-0.1, -0.05) is 34.1 Å². The van der Waals surface area contributed by atoms with Gasteiger partial charge in [-0.25, -0.2) is 4.39 Å². The van der Waals surface area contributed by atoms with E-state index in [4.69, 9.17) is 9.29 Å². The monoisotopic (exact) mass is 528 g/mol. The van der Waals surface area contributed by atoms with E-state index in [1.165, 1.54) is 18.2 Å². The summed E-state index contributed by atoms with van der Waals surface area (Å²) in [5.74, 6) is -0.848. The molecule has 3 rings (SSSR count). The van der Waals surface area contributed by atoms with Gasteiger partial charge in [0, 0.05) is 41.8 Å². The lowest BCUT2D eigenvalue weighted by Gasteiger charge is -2.44. The Morgan fingerprint density at radius 3 is 2.50 bits per heavy atom. The lowest BCUT2D eigenvalue weighted by Crippen LogP contribution is -2.58. The van der Waals surface area contributed by atoms with Gasteiger partial charge in [0.1, 0.15) is 17.3 Å². The first-order valence-corrected chi connectivity index (χ1v) is 12.6. The quantitative estimate of drug-likeness (QED) is 0.553. The lowest BCUT2D eigenvalue weighted by atomic mass is 10.1. The highest BCUT2D eigenvalue weighted by Gasteiger charge is 2.32. The minimum atomic E-state index is -4.24. The second-order valence-corrected chi connectivity index (χ2v) is 10.4. The first-order chi connectivity index (χ1) is 15.0. The van der Waals surface area contributed by atoms with Crippen molar-refractivity contribution in [2.24, 2.45) is 0 Å². The first kappa shape index (κ1) is 24.6. The van der Waals surface area contributed by atoms with Crippen LogP contribution in [0.4, 0.5) is 4.39 Å². The molecule has 174 valence electrons. The fraction of sp³-hybridized carbons (Fsp3) is 0.409. The molecule has 1 fully saturated rings. The summed E-state index contributed by atoms with van der Waals surface area (Å²) < 4.78 is 51.2. The van der Waals surface area contributed by atoms with Gasteiger partial charge in [-0.3, -0.25) is 14.2 Å². The number of ether oxygens (including phenoxy) is 1. The summed E-state index contributed by atoms with van der Waals surface area (Å²) in [4.78, 5) is 16.9. The Morgan fingerprint density at radius 1 is 1.16 bits per heavy atom. The van der Waals surface area contributed by atoms with Crippen LogP contribution in [0.25, 0.3) is 0 Å². The van der Waals surface area contributed by atoms with Crippen molar-refractivity contribution in [3.63, 3.8) is 0 Å². The van der Waals surface area contributed by atoms with Gasteiger partial charge < -0.3 is 9.64 Å². The Morgan fingerprint density at radius 2 is 1.84 bits per heavy atom. The summed E-state index contributed by atoms with van der Waals surface area (Å²) in [6.07, 6.45) is 0. The van der Waals surface area contributed by atoms with Crippen molar-refractivity contribution < 1.29 is 26.9 Å². The minimum Gasteiger partial charge on any atom is -0.483 e. The molecule has 2 aromatic carbocycles. The van der Waals surface area contributed by atoms with Crippen LogP contribution in [0.3, 0.4) is 0 Å². The van der Waals surface area contributed by atoms with Crippen molar-refractivity contribution in [2.75, 3.05) is 19.7 Å². The summed E-state index contributed by atoms with van der Waals surface area (Å²) in [7, 11) is -4.24. The van der Waals surface area contributed by atoms with Crippen molar-refractivity contribution in [3.05, 3.63) is 63.9 Å². The number of hydrogen-bond donors (Lipinski definition) is 1. The van der Waals surface area contributed by atoms with Gasteiger partial charge in [-0.15, -0.1) is 0 Å². The Hall–Kier alpha value is -2.01. The minimum absolute atomic E-state index is 0.0532. The number of rotatable bonds is 7. The van der Waals surface area contributed by atoms with Gasteiger partial charge in [0.2, 0.25) is 0 Å². The van der Waals surface area contributed by atoms with Crippen molar-refractivity contribution >= 4 is 32.0 Å². The number of carbonyl (C=O) groups excluding carboxylic acids is 1. The molecule has 1 amide bonds. The van der Waals surface area contributed by atoms with Gasteiger partial charge >= 0.3 is 0 Å². The first-order valence-electron chi connectivity index (χ1n) is 10.2.